The van der Waals surface area contributed by atoms with Gasteiger partial charge in [-0.05, 0) is 43.5 Å². The van der Waals surface area contributed by atoms with Crippen LogP contribution in [-0.4, -0.2) is 34.4 Å². The molecule has 0 radical (unpaired) electrons. The van der Waals surface area contributed by atoms with Crippen LogP contribution in [0.25, 0.3) is 0 Å². The standard InChI is InChI=1S/C13H16N2O4S2/c1-10-8-11(9-14)2-3-13(10)21(18,19)15-12-4-6-20(16,17)7-5-12/h2-3,8,12,15H,4-7H2,1H3. The van der Waals surface area contributed by atoms with E-state index in [2.05, 4.69) is 4.72 Å². The van der Waals surface area contributed by atoms with Crippen LogP contribution in [0.15, 0.2) is 23.1 Å². The van der Waals surface area contributed by atoms with Crippen LogP contribution >= 0.6 is 0 Å². The second-order valence-corrected chi connectivity index (χ2v) is 9.13. The summed E-state index contributed by atoms with van der Waals surface area (Å²) in [6.07, 6.45) is 0.577. The molecule has 1 saturated heterocycles. The minimum absolute atomic E-state index is 0.00649. The van der Waals surface area contributed by atoms with Gasteiger partial charge in [0.15, 0.2) is 0 Å². The van der Waals surface area contributed by atoms with Gasteiger partial charge in [0.25, 0.3) is 0 Å². The molecule has 21 heavy (non-hydrogen) atoms. The van der Waals surface area contributed by atoms with Gasteiger partial charge in [-0.15, -0.1) is 0 Å². The van der Waals surface area contributed by atoms with Crippen LogP contribution in [0.3, 0.4) is 0 Å². The van der Waals surface area contributed by atoms with E-state index in [1.54, 1.807) is 6.92 Å². The van der Waals surface area contributed by atoms with Gasteiger partial charge in [-0.1, -0.05) is 0 Å². The molecule has 114 valence electrons. The monoisotopic (exact) mass is 328 g/mol. The third-order valence-corrected chi connectivity index (χ3v) is 6.87. The molecule has 2 rings (SSSR count). The first kappa shape index (κ1) is 15.9. The fourth-order valence-corrected chi connectivity index (χ4v) is 5.33. The molecule has 1 heterocycles. The molecule has 8 heteroatoms. The highest BCUT2D eigenvalue weighted by atomic mass is 32.2. The number of sulfonamides is 1. The maximum atomic E-state index is 12.3. The van der Waals surface area contributed by atoms with Crippen molar-refractivity contribution in [2.24, 2.45) is 0 Å². The SMILES string of the molecule is Cc1cc(C#N)ccc1S(=O)(=O)NC1CCS(=O)(=O)CC1. The number of hydrogen-bond acceptors (Lipinski definition) is 5. The molecule has 6 nitrogen and oxygen atoms in total. The number of nitriles is 1. The van der Waals surface area contributed by atoms with Gasteiger partial charge in [0.2, 0.25) is 10.0 Å². The molecule has 1 aromatic rings. The van der Waals surface area contributed by atoms with Crippen molar-refractivity contribution < 1.29 is 16.8 Å². The zero-order chi connectivity index (χ0) is 15.7. The number of nitrogens with zero attached hydrogens (tertiary/aromatic N) is 1. The molecule has 0 spiro atoms. The molecule has 0 aromatic heterocycles. The van der Waals surface area contributed by atoms with E-state index >= 15 is 0 Å². The van der Waals surface area contributed by atoms with E-state index in [1.807, 2.05) is 6.07 Å². The van der Waals surface area contributed by atoms with Crippen LogP contribution < -0.4 is 4.72 Å². The maximum Gasteiger partial charge on any atom is 0.241 e. The first-order valence-electron chi connectivity index (χ1n) is 6.47. The Morgan fingerprint density at radius 1 is 1.29 bits per heavy atom. The third kappa shape index (κ3) is 3.81. The molecule has 1 aromatic carbocycles. The van der Waals surface area contributed by atoms with Gasteiger partial charge < -0.3 is 0 Å². The Kier molecular flexibility index (Phi) is 4.37. The molecule has 0 atom stereocenters. The van der Waals surface area contributed by atoms with Crippen LogP contribution in [0.4, 0.5) is 0 Å². The van der Waals surface area contributed by atoms with E-state index in [4.69, 9.17) is 5.26 Å². The van der Waals surface area contributed by atoms with E-state index in [1.165, 1.54) is 18.2 Å². The molecule has 0 unspecified atom stereocenters. The lowest BCUT2D eigenvalue weighted by atomic mass is 10.2. The maximum absolute atomic E-state index is 12.3. The average molecular weight is 328 g/mol. The first-order valence-corrected chi connectivity index (χ1v) is 9.77. The van der Waals surface area contributed by atoms with Crippen molar-refractivity contribution in [2.45, 2.75) is 30.7 Å². The Morgan fingerprint density at radius 2 is 1.90 bits per heavy atom. The lowest BCUT2D eigenvalue weighted by Gasteiger charge is -2.23. The van der Waals surface area contributed by atoms with E-state index < -0.39 is 19.9 Å². The van der Waals surface area contributed by atoms with Crippen molar-refractivity contribution in [3.8, 4) is 6.07 Å². The number of hydrogen-bond donors (Lipinski definition) is 1. The molecule has 1 fully saturated rings. The summed E-state index contributed by atoms with van der Waals surface area (Å²) in [5.41, 5.74) is 0.889. The summed E-state index contributed by atoms with van der Waals surface area (Å²) < 4.78 is 49.9. The Labute approximate surface area is 124 Å². The topological polar surface area (TPSA) is 104 Å². The highest BCUT2D eigenvalue weighted by Crippen LogP contribution is 2.19. The Bertz CT molecular complexity index is 778. The Hall–Kier alpha value is -1.43. The molecule has 1 aliphatic heterocycles. The Balaban J connectivity index is 2.18. The van der Waals surface area contributed by atoms with Crippen molar-refractivity contribution in [1.29, 1.82) is 5.26 Å². The molecule has 0 bridgehead atoms. The molecular weight excluding hydrogens is 312 g/mol. The second-order valence-electron chi connectivity index (χ2n) is 5.14. The molecule has 1 N–H and O–H groups in total. The lowest BCUT2D eigenvalue weighted by Crippen LogP contribution is -2.40. The van der Waals surface area contributed by atoms with Crippen molar-refractivity contribution in [1.82, 2.24) is 4.72 Å². The molecule has 0 aliphatic carbocycles. The smallest absolute Gasteiger partial charge is 0.229 e. The van der Waals surface area contributed by atoms with E-state index in [0.717, 1.165) is 0 Å². The zero-order valence-corrected chi connectivity index (χ0v) is 13.2. The van der Waals surface area contributed by atoms with Crippen LogP contribution in [-0.2, 0) is 19.9 Å². The van der Waals surface area contributed by atoms with Crippen molar-refractivity contribution in [2.75, 3.05) is 11.5 Å². The van der Waals surface area contributed by atoms with Gasteiger partial charge in [0.1, 0.15) is 9.84 Å². The minimum Gasteiger partial charge on any atom is -0.229 e. The zero-order valence-electron chi connectivity index (χ0n) is 11.5. The number of sulfone groups is 1. The summed E-state index contributed by atoms with van der Waals surface area (Å²) in [6.45, 7) is 1.63. The Morgan fingerprint density at radius 3 is 2.43 bits per heavy atom. The van der Waals surface area contributed by atoms with Gasteiger partial charge in [0.05, 0.1) is 28.0 Å². The fraction of sp³-hybridized carbons (Fsp3) is 0.462. The van der Waals surface area contributed by atoms with Gasteiger partial charge in [-0.2, -0.15) is 5.26 Å². The fourth-order valence-electron chi connectivity index (χ4n) is 2.31. The second kappa shape index (κ2) is 5.75. The summed E-state index contributed by atoms with van der Waals surface area (Å²) in [4.78, 5) is 0.120. The van der Waals surface area contributed by atoms with Gasteiger partial charge in [-0.25, -0.2) is 21.6 Å². The predicted molar refractivity (Wildman–Crippen MR) is 77.9 cm³/mol. The van der Waals surface area contributed by atoms with E-state index in [-0.39, 0.29) is 35.3 Å². The van der Waals surface area contributed by atoms with E-state index in [0.29, 0.717) is 11.1 Å². The number of rotatable bonds is 3. The van der Waals surface area contributed by atoms with Crippen LogP contribution in [0.2, 0.25) is 0 Å². The molecular formula is C13H16N2O4S2. The van der Waals surface area contributed by atoms with Gasteiger partial charge in [0, 0.05) is 6.04 Å². The van der Waals surface area contributed by atoms with E-state index in [9.17, 15) is 16.8 Å². The highest BCUT2D eigenvalue weighted by molar-refractivity contribution is 7.91. The van der Waals surface area contributed by atoms with Gasteiger partial charge in [-0.3, -0.25) is 0 Å². The summed E-state index contributed by atoms with van der Waals surface area (Å²) in [5, 5.41) is 8.79. The summed E-state index contributed by atoms with van der Waals surface area (Å²) in [7, 11) is -6.73. The predicted octanol–water partition coefficient (Wildman–Crippen LogP) is 0.722. The minimum atomic E-state index is -3.71. The largest absolute Gasteiger partial charge is 0.241 e. The molecule has 0 amide bonds. The number of nitrogens with one attached hydrogen (secondary N) is 1. The first-order chi connectivity index (χ1) is 9.73. The summed E-state index contributed by atoms with van der Waals surface area (Å²) in [6, 6.07) is 5.95. The molecule has 0 saturated carbocycles. The lowest BCUT2D eigenvalue weighted by molar-refractivity contribution is 0.505. The van der Waals surface area contributed by atoms with Crippen LogP contribution in [0, 0.1) is 18.3 Å². The van der Waals surface area contributed by atoms with Gasteiger partial charge >= 0.3 is 0 Å². The number of aryl methyl sites for hydroxylation is 1. The number of benzene rings is 1. The third-order valence-electron chi connectivity index (χ3n) is 3.47. The highest BCUT2D eigenvalue weighted by Gasteiger charge is 2.28. The quantitative estimate of drug-likeness (QED) is 0.880. The summed E-state index contributed by atoms with van der Waals surface area (Å²) in [5.74, 6) is 0.0130. The summed E-state index contributed by atoms with van der Waals surface area (Å²) >= 11 is 0. The van der Waals surface area contributed by atoms with Crippen molar-refractivity contribution in [3.63, 3.8) is 0 Å². The average Bonchev–Trinajstić information content (AvgIpc) is 2.40. The van der Waals surface area contributed by atoms with Crippen molar-refractivity contribution >= 4 is 19.9 Å². The van der Waals surface area contributed by atoms with Crippen LogP contribution in [0.5, 0.6) is 0 Å². The van der Waals surface area contributed by atoms with Crippen LogP contribution in [0.1, 0.15) is 24.0 Å². The van der Waals surface area contributed by atoms with Crippen molar-refractivity contribution in [3.05, 3.63) is 29.3 Å². The normalized spacial score (nSPS) is 19.0. The molecule has 1 aliphatic rings.